The minimum Gasteiger partial charge on any atom is -0.870 e. The largest absolute Gasteiger partial charge is 4.00 e. The molecule has 2 radical (unpaired) electrons. The van der Waals surface area contributed by atoms with Crippen molar-refractivity contribution in [1.82, 2.24) is 10.6 Å². The zero-order valence-electron chi connectivity index (χ0n) is 35.0. The Morgan fingerprint density at radius 3 is 0.797 bits per heavy atom. The molecule has 0 aliphatic heterocycles. The Morgan fingerprint density at radius 1 is 0.438 bits per heavy atom. The number of aliphatic imine (C=N–C) groups is 4. The summed E-state index contributed by atoms with van der Waals surface area (Å²) >= 11 is 0. The molecular weight excluding hydrogens is 1130 g/mol. The van der Waals surface area contributed by atoms with E-state index < -0.39 is 10.2 Å². The molecule has 346 valence electrons. The van der Waals surface area contributed by atoms with Gasteiger partial charge in [0.15, 0.2) is 0 Å². The van der Waals surface area contributed by atoms with Crippen molar-refractivity contribution in [3.05, 3.63) is 126 Å². The van der Waals surface area contributed by atoms with Crippen molar-refractivity contribution < 1.29 is 127 Å². The Bertz CT molecular complexity index is 1790. The first-order chi connectivity index (χ1) is 29.8. The van der Waals surface area contributed by atoms with Crippen molar-refractivity contribution in [2.75, 3.05) is 80.8 Å². The van der Waals surface area contributed by atoms with Crippen molar-refractivity contribution in [3.63, 3.8) is 0 Å². The smallest absolute Gasteiger partial charge is 0.870 e. The van der Waals surface area contributed by atoms with E-state index in [1.165, 1.54) is 28.4 Å². The Hall–Kier alpha value is -5.15. The van der Waals surface area contributed by atoms with Crippen molar-refractivity contribution in [2.45, 2.75) is 0 Å². The quantitative estimate of drug-likeness (QED) is 0.0548. The van der Waals surface area contributed by atoms with Gasteiger partial charge in [0.25, 0.3) is 0 Å². The van der Waals surface area contributed by atoms with Gasteiger partial charge in [-0.3, -0.25) is 20.0 Å². The van der Waals surface area contributed by atoms with Gasteiger partial charge in [-0.05, 0) is 46.5 Å². The van der Waals surface area contributed by atoms with Crippen LogP contribution in [-0.2, 0) is 0 Å². The van der Waals surface area contributed by atoms with Gasteiger partial charge >= 0.3 is 77.2 Å². The summed E-state index contributed by atoms with van der Waals surface area (Å²) in [6.45, 7) is 4.82. The van der Waals surface area contributed by atoms with Crippen LogP contribution in [0.5, 0.6) is 46.0 Å². The molecule has 0 atom stereocenters. The Morgan fingerprint density at radius 2 is 0.625 bits per heavy atom. The average Bonchev–Trinajstić information content (AvgIpc) is 3.24. The van der Waals surface area contributed by atoms with E-state index in [-0.39, 0.29) is 100 Å². The molecule has 64 heavy (non-hydrogen) atoms. The molecular formula is C40H46N8O14Tb2+2. The Kier molecular flexibility index (Phi) is 35.5. The molecule has 4 aromatic rings. The summed E-state index contributed by atoms with van der Waals surface area (Å²) in [5.74, 6) is 0.587. The van der Waals surface area contributed by atoms with Crippen molar-refractivity contribution >= 4 is 24.9 Å². The average molecular weight is 1180 g/mol. The molecule has 24 heteroatoms. The zero-order valence-corrected chi connectivity index (χ0v) is 39.2. The molecule has 0 unspecified atom stereocenters. The minimum absolute atomic E-state index is 0. The van der Waals surface area contributed by atoms with Crippen molar-refractivity contribution in [1.29, 1.82) is 0 Å². The summed E-state index contributed by atoms with van der Waals surface area (Å²) in [6, 6.07) is 20.4. The van der Waals surface area contributed by atoms with Gasteiger partial charge in [0, 0.05) is 51.0 Å². The number of ether oxygens (including phenoxy) is 4. The molecule has 0 aliphatic rings. The van der Waals surface area contributed by atoms with Gasteiger partial charge in [-0.2, -0.15) is 0 Å². The molecule has 0 spiro atoms. The van der Waals surface area contributed by atoms with Crippen LogP contribution < -0.4 is 50.0 Å². The van der Waals surface area contributed by atoms with E-state index in [1.807, 2.05) is 0 Å². The number of benzene rings is 4. The molecule has 22 nitrogen and oxygen atoms in total. The molecule has 0 amide bonds. The molecule has 0 aliphatic carbocycles. The fourth-order valence-corrected chi connectivity index (χ4v) is 4.66. The molecule has 2 N–H and O–H groups in total. The van der Waals surface area contributed by atoms with Crippen LogP contribution in [0.4, 0.5) is 0 Å². The Labute approximate surface area is 430 Å². The van der Waals surface area contributed by atoms with Crippen molar-refractivity contribution in [3.8, 4) is 46.0 Å². The molecule has 0 fully saturated rings. The first-order valence-electron chi connectivity index (χ1n) is 18.2. The normalized spacial score (nSPS) is 10.3. The van der Waals surface area contributed by atoms with E-state index in [1.54, 1.807) is 97.7 Å². The molecule has 0 saturated heterocycles. The fraction of sp³-hybridized carbons (Fsp3) is 0.300. The maximum atomic E-state index is 11.9. The van der Waals surface area contributed by atoms with E-state index in [9.17, 15) is 20.4 Å². The van der Waals surface area contributed by atoms with Crippen LogP contribution in [0, 0.1) is 108 Å². The van der Waals surface area contributed by atoms with Crippen molar-refractivity contribution in [2.24, 2.45) is 20.0 Å². The SMILES string of the molecule is COc1cccc(C=NCCNCCN=Cc2cccc(OC)c2[O-])c1[O-].COc1cccc(C=NCCNCCN=Cc2cccc(OC)c2[O-])c1[O-].O=[N+]([O-])[O-].O=[N+]([O-])[O-].[Tb+4].[Tb+4]. The summed E-state index contributed by atoms with van der Waals surface area (Å²) < 4.78 is 20.0. The van der Waals surface area contributed by atoms with E-state index in [0.29, 0.717) is 97.6 Å². The zero-order chi connectivity index (χ0) is 46.1. The standard InChI is InChI=1S/2C20H25N3O4.2NO3.2Tb/c2*1-26-17-7-3-5-15(19(17)24)13-22-11-9-21-10-12-23-14-16-6-4-8-18(27-2)20(16)25;2*2-1(3)4;;/h2*3-8,13-14,21,24-25H,9-12H2,1-2H3;;;;/q;;2*-1;2*+4/p-4. The predicted octanol–water partition coefficient (Wildman–Crippen LogP) is 1.48. The second-order valence-electron chi connectivity index (χ2n) is 11.6. The summed E-state index contributed by atoms with van der Waals surface area (Å²) in [4.78, 5) is 33.4. The maximum absolute atomic E-state index is 11.9. The van der Waals surface area contributed by atoms with Crippen LogP contribution in [0.3, 0.4) is 0 Å². The molecule has 4 aromatic carbocycles. The molecule has 0 aromatic heterocycles. The van der Waals surface area contributed by atoms with Gasteiger partial charge in [-0.15, -0.1) is 0 Å². The third-order valence-corrected chi connectivity index (χ3v) is 7.51. The number of methoxy groups -OCH3 is 4. The van der Waals surface area contributed by atoms with Crippen LogP contribution in [0.15, 0.2) is 92.8 Å². The minimum atomic E-state index is -1.75. The third kappa shape index (κ3) is 25.8. The topological polar surface area (TPSA) is 335 Å². The van der Waals surface area contributed by atoms with E-state index in [4.69, 9.17) is 49.6 Å². The van der Waals surface area contributed by atoms with Gasteiger partial charge in [0.05, 0.1) is 64.8 Å². The van der Waals surface area contributed by atoms with Crippen LogP contribution in [0.1, 0.15) is 22.3 Å². The summed E-state index contributed by atoms with van der Waals surface area (Å²) in [5.41, 5.74) is 2.02. The van der Waals surface area contributed by atoms with Crippen LogP contribution in [-0.4, -0.2) is 116 Å². The maximum Gasteiger partial charge on any atom is 4.00 e. The molecule has 0 heterocycles. The summed E-state index contributed by atoms with van der Waals surface area (Å²) in [6.07, 6.45) is 6.24. The Balaban J connectivity index is 0. The summed E-state index contributed by atoms with van der Waals surface area (Å²) in [7, 11) is 5.87. The number of hydrogen-bond donors (Lipinski definition) is 2. The number of nitrogens with one attached hydrogen (secondary N) is 2. The number of nitrogens with zero attached hydrogens (tertiary/aromatic N) is 6. The van der Waals surface area contributed by atoms with Gasteiger partial charge in [0.1, 0.15) is 23.0 Å². The van der Waals surface area contributed by atoms with Crippen LogP contribution >= 0.6 is 0 Å². The summed E-state index contributed by atoms with van der Waals surface area (Å²) in [5, 5.41) is 83.7. The second kappa shape index (κ2) is 37.2. The van der Waals surface area contributed by atoms with Gasteiger partial charge in [-0.25, -0.2) is 0 Å². The van der Waals surface area contributed by atoms with E-state index in [0.717, 1.165) is 0 Å². The first kappa shape index (κ1) is 60.9. The predicted molar refractivity (Wildman–Crippen MR) is 226 cm³/mol. The van der Waals surface area contributed by atoms with Gasteiger partial charge < -0.3 is 80.7 Å². The third-order valence-electron chi connectivity index (χ3n) is 7.51. The molecule has 0 bridgehead atoms. The number of hydrogen-bond acceptors (Lipinski definition) is 20. The number of rotatable bonds is 20. The fourth-order valence-electron chi connectivity index (χ4n) is 4.66. The van der Waals surface area contributed by atoms with Crippen LogP contribution in [0.25, 0.3) is 0 Å². The second-order valence-corrected chi connectivity index (χ2v) is 11.6. The van der Waals surface area contributed by atoms with Gasteiger partial charge in [0.2, 0.25) is 0 Å². The van der Waals surface area contributed by atoms with E-state index in [2.05, 4.69) is 30.6 Å². The molecule has 4 rings (SSSR count). The van der Waals surface area contributed by atoms with E-state index >= 15 is 0 Å². The number of para-hydroxylation sites is 4. The monoisotopic (exact) mass is 1180 g/mol. The van der Waals surface area contributed by atoms with Gasteiger partial charge in [-0.1, -0.05) is 71.5 Å². The van der Waals surface area contributed by atoms with Crippen LogP contribution in [0.2, 0.25) is 0 Å². The first-order valence-corrected chi connectivity index (χ1v) is 18.2. The molecule has 0 saturated carbocycles.